The molecule has 0 radical (unpaired) electrons. The summed E-state index contributed by atoms with van der Waals surface area (Å²) in [5, 5.41) is 0. The minimum atomic E-state index is 0.453. The van der Waals surface area contributed by atoms with Crippen molar-refractivity contribution in [2.24, 2.45) is 0 Å². The zero-order valence-corrected chi connectivity index (χ0v) is 20.2. The van der Waals surface area contributed by atoms with Crippen LogP contribution in [0, 0.1) is 13.8 Å². The molecule has 0 aliphatic heterocycles. The molecule has 0 aliphatic rings. The summed E-state index contributed by atoms with van der Waals surface area (Å²) in [7, 11) is 0. The largest absolute Gasteiger partial charge is 0.493 e. The highest BCUT2D eigenvalue weighted by molar-refractivity contribution is 5.75. The van der Waals surface area contributed by atoms with Gasteiger partial charge in [-0.2, -0.15) is 0 Å². The molecule has 0 N–H and O–H groups in total. The van der Waals surface area contributed by atoms with E-state index in [1.807, 2.05) is 18.2 Å². The monoisotopic (exact) mass is 442 g/mol. The Labute approximate surface area is 197 Å². The number of unbranched alkanes of at least 4 members (excludes halogenated alkanes) is 1. The summed E-state index contributed by atoms with van der Waals surface area (Å²) in [5.74, 6) is 3.34. The zero-order valence-electron chi connectivity index (χ0n) is 20.2. The van der Waals surface area contributed by atoms with Gasteiger partial charge in [-0.3, -0.25) is 0 Å². The predicted molar refractivity (Wildman–Crippen MR) is 135 cm³/mol. The third-order valence-corrected chi connectivity index (χ3v) is 6.24. The summed E-state index contributed by atoms with van der Waals surface area (Å²) in [4.78, 5) is 4.85. The van der Waals surface area contributed by atoms with Crippen LogP contribution in [0.5, 0.6) is 11.5 Å². The Morgan fingerprint density at radius 3 is 2.42 bits per heavy atom. The van der Waals surface area contributed by atoms with Crippen LogP contribution in [0.25, 0.3) is 11.0 Å². The summed E-state index contributed by atoms with van der Waals surface area (Å²) < 4.78 is 14.4. The first-order valence-corrected chi connectivity index (χ1v) is 11.9. The Kier molecular flexibility index (Phi) is 7.33. The summed E-state index contributed by atoms with van der Waals surface area (Å²) in [6, 6.07) is 22.9. The van der Waals surface area contributed by atoms with Crippen molar-refractivity contribution < 1.29 is 9.47 Å². The van der Waals surface area contributed by atoms with Gasteiger partial charge in [-0.05, 0) is 79.6 Å². The second-order valence-electron chi connectivity index (χ2n) is 8.93. The SMILES string of the molecule is Cc1cccc(OCCCCn2c(COc3ccc(C(C)C)cc3)nc3ccccc32)c1C. The van der Waals surface area contributed by atoms with Crippen molar-refractivity contribution in [1.82, 2.24) is 9.55 Å². The molecule has 0 atom stereocenters. The van der Waals surface area contributed by atoms with Crippen molar-refractivity contribution in [2.75, 3.05) is 6.61 Å². The van der Waals surface area contributed by atoms with E-state index in [0.29, 0.717) is 19.1 Å². The van der Waals surface area contributed by atoms with Gasteiger partial charge in [0, 0.05) is 6.54 Å². The fraction of sp³-hybridized carbons (Fsp3) is 0.345. The molecule has 0 fully saturated rings. The van der Waals surface area contributed by atoms with Crippen LogP contribution in [0.2, 0.25) is 0 Å². The molecular formula is C29H34N2O2. The van der Waals surface area contributed by atoms with Crippen LogP contribution in [0.3, 0.4) is 0 Å². The first-order valence-electron chi connectivity index (χ1n) is 11.9. The van der Waals surface area contributed by atoms with E-state index in [4.69, 9.17) is 14.5 Å². The number of fused-ring (bicyclic) bond motifs is 1. The number of ether oxygens (including phenoxy) is 2. The average Bonchev–Trinajstić information content (AvgIpc) is 3.18. The number of aromatic nitrogens is 2. The van der Waals surface area contributed by atoms with E-state index in [1.165, 1.54) is 16.7 Å². The minimum absolute atomic E-state index is 0.453. The van der Waals surface area contributed by atoms with E-state index < -0.39 is 0 Å². The molecule has 33 heavy (non-hydrogen) atoms. The molecule has 1 aromatic heterocycles. The van der Waals surface area contributed by atoms with E-state index in [9.17, 15) is 0 Å². The first-order chi connectivity index (χ1) is 16.0. The predicted octanol–water partition coefficient (Wildman–Crippen LogP) is 7.21. The third kappa shape index (κ3) is 5.57. The minimum Gasteiger partial charge on any atom is -0.493 e. The highest BCUT2D eigenvalue weighted by Gasteiger charge is 2.11. The topological polar surface area (TPSA) is 36.3 Å². The molecule has 4 aromatic rings. The maximum Gasteiger partial charge on any atom is 0.147 e. The van der Waals surface area contributed by atoms with Crippen LogP contribution in [-0.4, -0.2) is 16.2 Å². The molecule has 4 nitrogen and oxygen atoms in total. The first kappa shape index (κ1) is 22.9. The van der Waals surface area contributed by atoms with E-state index in [-0.39, 0.29) is 0 Å². The van der Waals surface area contributed by atoms with Crippen molar-refractivity contribution in [3.05, 3.63) is 89.2 Å². The van der Waals surface area contributed by atoms with Crippen LogP contribution < -0.4 is 9.47 Å². The molecule has 4 heteroatoms. The maximum absolute atomic E-state index is 6.10. The zero-order chi connectivity index (χ0) is 23.2. The van der Waals surface area contributed by atoms with Gasteiger partial charge in [-0.1, -0.05) is 50.2 Å². The lowest BCUT2D eigenvalue weighted by molar-refractivity contribution is 0.284. The quantitative estimate of drug-likeness (QED) is 0.243. The highest BCUT2D eigenvalue weighted by atomic mass is 16.5. The van der Waals surface area contributed by atoms with E-state index in [2.05, 4.69) is 80.8 Å². The van der Waals surface area contributed by atoms with Gasteiger partial charge in [0.25, 0.3) is 0 Å². The van der Waals surface area contributed by atoms with Crippen molar-refractivity contribution in [1.29, 1.82) is 0 Å². The molecule has 0 saturated heterocycles. The highest BCUT2D eigenvalue weighted by Crippen LogP contribution is 2.23. The van der Waals surface area contributed by atoms with Crippen LogP contribution in [0.4, 0.5) is 0 Å². The van der Waals surface area contributed by atoms with Gasteiger partial charge in [0.05, 0.1) is 17.6 Å². The molecule has 0 aliphatic carbocycles. The van der Waals surface area contributed by atoms with Gasteiger partial charge in [-0.15, -0.1) is 0 Å². The lowest BCUT2D eigenvalue weighted by Crippen LogP contribution is -2.09. The average molecular weight is 443 g/mol. The summed E-state index contributed by atoms with van der Waals surface area (Å²) in [5.41, 5.74) is 5.97. The number of benzene rings is 3. The van der Waals surface area contributed by atoms with Crippen LogP contribution in [0.15, 0.2) is 66.7 Å². The Hall–Kier alpha value is -3.27. The molecule has 0 bridgehead atoms. The molecule has 0 saturated carbocycles. The van der Waals surface area contributed by atoms with Gasteiger partial charge >= 0.3 is 0 Å². The second kappa shape index (κ2) is 10.6. The van der Waals surface area contributed by atoms with Crippen molar-refractivity contribution in [2.45, 2.75) is 59.6 Å². The van der Waals surface area contributed by atoms with Crippen LogP contribution in [0.1, 0.15) is 55.1 Å². The maximum atomic E-state index is 6.10. The Bertz CT molecular complexity index is 1190. The molecule has 1 heterocycles. The fourth-order valence-electron chi connectivity index (χ4n) is 4.02. The van der Waals surface area contributed by atoms with Crippen LogP contribution in [-0.2, 0) is 13.2 Å². The Morgan fingerprint density at radius 1 is 0.848 bits per heavy atom. The van der Waals surface area contributed by atoms with Gasteiger partial charge in [-0.25, -0.2) is 4.98 Å². The number of hydrogen-bond acceptors (Lipinski definition) is 3. The number of aryl methyl sites for hydroxylation is 2. The van der Waals surface area contributed by atoms with E-state index in [0.717, 1.165) is 47.7 Å². The molecule has 0 spiro atoms. The smallest absolute Gasteiger partial charge is 0.147 e. The molecule has 0 unspecified atom stereocenters. The van der Waals surface area contributed by atoms with Gasteiger partial charge in [0.1, 0.15) is 23.9 Å². The standard InChI is InChI=1S/C29H34N2O2/c1-21(2)24-14-16-25(17-15-24)33-20-29-30-26-11-5-6-12-27(26)31(29)18-7-8-19-32-28-13-9-10-22(3)23(28)4/h5-6,9-17,21H,7-8,18-20H2,1-4H3. The lowest BCUT2D eigenvalue weighted by atomic mass is 10.0. The number of para-hydroxylation sites is 2. The lowest BCUT2D eigenvalue weighted by Gasteiger charge is -2.13. The van der Waals surface area contributed by atoms with Gasteiger partial charge in [0.2, 0.25) is 0 Å². The van der Waals surface area contributed by atoms with Crippen LogP contribution >= 0.6 is 0 Å². The number of imidazole rings is 1. The third-order valence-electron chi connectivity index (χ3n) is 6.24. The molecular weight excluding hydrogens is 408 g/mol. The number of hydrogen-bond donors (Lipinski definition) is 0. The van der Waals surface area contributed by atoms with Gasteiger partial charge < -0.3 is 14.0 Å². The number of nitrogens with zero attached hydrogens (tertiary/aromatic N) is 2. The van der Waals surface area contributed by atoms with E-state index in [1.54, 1.807) is 0 Å². The molecule has 172 valence electrons. The number of rotatable bonds is 10. The van der Waals surface area contributed by atoms with E-state index >= 15 is 0 Å². The van der Waals surface area contributed by atoms with Crippen molar-refractivity contribution in [3.63, 3.8) is 0 Å². The fourth-order valence-corrected chi connectivity index (χ4v) is 4.02. The summed E-state index contributed by atoms with van der Waals surface area (Å²) in [6.07, 6.45) is 2.00. The normalized spacial score (nSPS) is 11.3. The van der Waals surface area contributed by atoms with Crippen molar-refractivity contribution >= 4 is 11.0 Å². The summed E-state index contributed by atoms with van der Waals surface area (Å²) in [6.45, 7) is 10.7. The summed E-state index contributed by atoms with van der Waals surface area (Å²) >= 11 is 0. The molecule has 0 amide bonds. The second-order valence-corrected chi connectivity index (χ2v) is 8.93. The van der Waals surface area contributed by atoms with Crippen molar-refractivity contribution in [3.8, 4) is 11.5 Å². The Balaban J connectivity index is 1.38. The van der Waals surface area contributed by atoms with Gasteiger partial charge in [0.15, 0.2) is 0 Å². The molecule has 3 aromatic carbocycles. The Morgan fingerprint density at radius 2 is 1.64 bits per heavy atom. The molecule has 4 rings (SSSR count).